The maximum absolute atomic E-state index is 12.4. The number of hydrogen-bond acceptors (Lipinski definition) is 4. The van der Waals surface area contributed by atoms with Crippen molar-refractivity contribution in [1.82, 2.24) is 16.0 Å². The molecule has 1 saturated heterocycles. The minimum Gasteiger partial charge on any atom is -0.384 e. The van der Waals surface area contributed by atoms with Gasteiger partial charge in [-0.1, -0.05) is 13.8 Å². The SMILES string of the molecule is COCC1(C(=O)NCCC(=O)NCC(C)C)CCNCC1. The topological polar surface area (TPSA) is 79.5 Å². The van der Waals surface area contributed by atoms with Crippen LogP contribution in [0.1, 0.15) is 33.1 Å². The van der Waals surface area contributed by atoms with Crippen LogP contribution < -0.4 is 16.0 Å². The molecule has 3 N–H and O–H groups in total. The molecule has 0 radical (unpaired) electrons. The Hall–Kier alpha value is -1.14. The van der Waals surface area contributed by atoms with Gasteiger partial charge in [-0.05, 0) is 31.8 Å². The molecule has 0 spiro atoms. The van der Waals surface area contributed by atoms with E-state index in [0.29, 0.717) is 32.0 Å². The molecule has 0 bridgehead atoms. The molecule has 0 aromatic heterocycles. The summed E-state index contributed by atoms with van der Waals surface area (Å²) in [7, 11) is 1.62. The highest BCUT2D eigenvalue weighted by atomic mass is 16.5. The summed E-state index contributed by atoms with van der Waals surface area (Å²) >= 11 is 0. The molecule has 0 aromatic rings. The lowest BCUT2D eigenvalue weighted by atomic mass is 9.78. The van der Waals surface area contributed by atoms with Gasteiger partial charge in [-0.25, -0.2) is 0 Å². The van der Waals surface area contributed by atoms with Crippen molar-refractivity contribution in [3.8, 4) is 0 Å². The fraction of sp³-hybridized carbons (Fsp3) is 0.867. The van der Waals surface area contributed by atoms with E-state index in [1.54, 1.807) is 7.11 Å². The highest BCUT2D eigenvalue weighted by molar-refractivity contribution is 5.83. The first-order valence-electron chi connectivity index (χ1n) is 7.75. The molecule has 0 atom stereocenters. The summed E-state index contributed by atoms with van der Waals surface area (Å²) in [6.45, 7) is 7.23. The summed E-state index contributed by atoms with van der Waals surface area (Å²) in [6.07, 6.45) is 1.86. The van der Waals surface area contributed by atoms with Crippen molar-refractivity contribution in [1.29, 1.82) is 0 Å². The Bertz CT molecular complexity index is 334. The largest absolute Gasteiger partial charge is 0.384 e. The van der Waals surface area contributed by atoms with Gasteiger partial charge in [-0.3, -0.25) is 9.59 Å². The Kier molecular flexibility index (Phi) is 7.67. The second-order valence-electron chi connectivity index (χ2n) is 6.17. The van der Waals surface area contributed by atoms with Crippen LogP contribution >= 0.6 is 0 Å². The van der Waals surface area contributed by atoms with E-state index in [4.69, 9.17) is 4.74 Å². The fourth-order valence-electron chi connectivity index (χ4n) is 2.50. The van der Waals surface area contributed by atoms with Gasteiger partial charge in [-0.15, -0.1) is 0 Å². The highest BCUT2D eigenvalue weighted by Gasteiger charge is 2.39. The Morgan fingerprint density at radius 1 is 1.24 bits per heavy atom. The molecule has 0 aliphatic carbocycles. The normalized spacial score (nSPS) is 17.5. The molecule has 6 heteroatoms. The van der Waals surface area contributed by atoms with Crippen LogP contribution in [0.3, 0.4) is 0 Å². The third kappa shape index (κ3) is 6.01. The van der Waals surface area contributed by atoms with E-state index in [2.05, 4.69) is 16.0 Å². The van der Waals surface area contributed by atoms with E-state index in [9.17, 15) is 9.59 Å². The zero-order chi connectivity index (χ0) is 15.7. The maximum Gasteiger partial charge on any atom is 0.228 e. The van der Waals surface area contributed by atoms with E-state index in [1.165, 1.54) is 0 Å². The van der Waals surface area contributed by atoms with Gasteiger partial charge in [0.05, 0.1) is 12.0 Å². The zero-order valence-corrected chi connectivity index (χ0v) is 13.5. The summed E-state index contributed by atoms with van der Waals surface area (Å²) < 4.78 is 5.23. The average molecular weight is 299 g/mol. The molecule has 1 rings (SSSR count). The number of amides is 2. The van der Waals surface area contributed by atoms with E-state index in [-0.39, 0.29) is 11.8 Å². The van der Waals surface area contributed by atoms with Gasteiger partial charge in [-0.2, -0.15) is 0 Å². The van der Waals surface area contributed by atoms with Gasteiger partial charge in [0.25, 0.3) is 0 Å². The van der Waals surface area contributed by atoms with Crippen molar-refractivity contribution in [2.45, 2.75) is 33.1 Å². The van der Waals surface area contributed by atoms with Crippen LogP contribution in [-0.4, -0.2) is 51.7 Å². The molecule has 0 unspecified atom stereocenters. The number of nitrogens with one attached hydrogen (secondary N) is 3. The zero-order valence-electron chi connectivity index (χ0n) is 13.5. The molecule has 1 fully saturated rings. The van der Waals surface area contributed by atoms with Gasteiger partial charge < -0.3 is 20.7 Å². The highest BCUT2D eigenvalue weighted by Crippen LogP contribution is 2.29. The van der Waals surface area contributed by atoms with Crippen LogP contribution in [0.2, 0.25) is 0 Å². The average Bonchev–Trinajstić information content (AvgIpc) is 2.46. The van der Waals surface area contributed by atoms with Crippen LogP contribution in [0, 0.1) is 11.3 Å². The van der Waals surface area contributed by atoms with Crippen molar-refractivity contribution in [3.63, 3.8) is 0 Å². The second kappa shape index (κ2) is 9.00. The number of rotatable bonds is 8. The maximum atomic E-state index is 12.4. The number of methoxy groups -OCH3 is 1. The van der Waals surface area contributed by atoms with E-state index in [0.717, 1.165) is 25.9 Å². The second-order valence-corrected chi connectivity index (χ2v) is 6.17. The van der Waals surface area contributed by atoms with Crippen LogP contribution in [0.25, 0.3) is 0 Å². The van der Waals surface area contributed by atoms with Gasteiger partial charge >= 0.3 is 0 Å². The molecule has 2 amide bonds. The summed E-state index contributed by atoms with van der Waals surface area (Å²) in [6, 6.07) is 0. The summed E-state index contributed by atoms with van der Waals surface area (Å²) in [4.78, 5) is 24.0. The summed E-state index contributed by atoms with van der Waals surface area (Å²) in [5.74, 6) is 0.417. The molecular weight excluding hydrogens is 270 g/mol. The standard InChI is InChI=1S/C15H29N3O3/c1-12(2)10-18-13(19)4-7-17-14(20)15(11-21-3)5-8-16-9-6-15/h12,16H,4-11H2,1-3H3,(H,17,20)(H,18,19). The third-order valence-electron chi connectivity index (χ3n) is 3.81. The number of ether oxygens (including phenoxy) is 1. The van der Waals surface area contributed by atoms with Crippen LogP contribution in [0.15, 0.2) is 0 Å². The molecule has 1 aliphatic rings. The number of piperidine rings is 1. The first kappa shape index (κ1) is 17.9. The lowest BCUT2D eigenvalue weighted by Crippen LogP contribution is -2.50. The molecule has 0 aromatic carbocycles. The molecular formula is C15H29N3O3. The van der Waals surface area contributed by atoms with E-state index in [1.807, 2.05) is 13.8 Å². The van der Waals surface area contributed by atoms with Gasteiger partial charge in [0.1, 0.15) is 0 Å². The molecule has 21 heavy (non-hydrogen) atoms. The summed E-state index contributed by atoms with van der Waals surface area (Å²) in [5.41, 5.74) is -0.450. The van der Waals surface area contributed by atoms with Crippen molar-refractivity contribution in [3.05, 3.63) is 0 Å². The quantitative estimate of drug-likeness (QED) is 0.601. The minimum absolute atomic E-state index is 0.00232. The Morgan fingerprint density at radius 2 is 1.90 bits per heavy atom. The molecule has 1 aliphatic heterocycles. The Balaban J connectivity index is 2.35. The molecule has 6 nitrogen and oxygen atoms in total. The van der Waals surface area contributed by atoms with Crippen molar-refractivity contribution in [2.75, 3.05) is 39.9 Å². The van der Waals surface area contributed by atoms with Gasteiger partial charge in [0.2, 0.25) is 11.8 Å². The lowest BCUT2D eigenvalue weighted by molar-refractivity contribution is -0.136. The first-order chi connectivity index (χ1) is 10.00. The first-order valence-corrected chi connectivity index (χ1v) is 7.75. The molecule has 0 saturated carbocycles. The third-order valence-corrected chi connectivity index (χ3v) is 3.81. The molecule has 122 valence electrons. The number of carbonyl (C=O) groups is 2. The van der Waals surface area contributed by atoms with Crippen molar-refractivity contribution in [2.24, 2.45) is 11.3 Å². The number of hydrogen-bond donors (Lipinski definition) is 3. The Morgan fingerprint density at radius 3 is 2.48 bits per heavy atom. The van der Waals surface area contributed by atoms with Crippen LogP contribution in [0.5, 0.6) is 0 Å². The van der Waals surface area contributed by atoms with Crippen molar-refractivity contribution < 1.29 is 14.3 Å². The van der Waals surface area contributed by atoms with Crippen LogP contribution in [0.4, 0.5) is 0 Å². The predicted molar refractivity (Wildman–Crippen MR) is 81.9 cm³/mol. The monoisotopic (exact) mass is 299 g/mol. The van der Waals surface area contributed by atoms with Crippen molar-refractivity contribution >= 4 is 11.8 Å². The summed E-state index contributed by atoms with van der Waals surface area (Å²) in [5, 5.41) is 8.99. The smallest absolute Gasteiger partial charge is 0.228 e. The van der Waals surface area contributed by atoms with E-state index < -0.39 is 5.41 Å². The van der Waals surface area contributed by atoms with Gasteiger partial charge in [0.15, 0.2) is 0 Å². The minimum atomic E-state index is -0.450. The van der Waals surface area contributed by atoms with Gasteiger partial charge in [0, 0.05) is 26.6 Å². The fourth-order valence-corrected chi connectivity index (χ4v) is 2.50. The molecule has 1 heterocycles. The van der Waals surface area contributed by atoms with Crippen LogP contribution in [-0.2, 0) is 14.3 Å². The number of carbonyl (C=O) groups excluding carboxylic acids is 2. The predicted octanol–water partition coefficient (Wildman–Crippen LogP) is 0.281. The Labute approximate surface area is 127 Å². The lowest BCUT2D eigenvalue weighted by Gasteiger charge is -2.35. The van der Waals surface area contributed by atoms with E-state index >= 15 is 0 Å².